The fourth-order valence-electron chi connectivity index (χ4n) is 2.66. The van der Waals surface area contributed by atoms with Crippen LogP contribution in [0.4, 0.5) is 4.39 Å². The second-order valence-corrected chi connectivity index (χ2v) is 5.77. The Morgan fingerprint density at radius 3 is 3.04 bits per heavy atom. The number of hydrogen-bond acceptors (Lipinski definition) is 3. The molecule has 1 aromatic carbocycles. The summed E-state index contributed by atoms with van der Waals surface area (Å²) in [4.78, 5) is 16.2. The molecule has 0 bridgehead atoms. The molecule has 0 aliphatic heterocycles. The Bertz CT molecular complexity index is 746. The van der Waals surface area contributed by atoms with E-state index >= 15 is 0 Å². The first kappa shape index (κ1) is 16.2. The van der Waals surface area contributed by atoms with Crippen molar-refractivity contribution >= 4 is 5.91 Å². The van der Waals surface area contributed by atoms with Crippen LogP contribution in [-0.2, 0) is 11.3 Å². The summed E-state index contributed by atoms with van der Waals surface area (Å²) in [5, 5.41) is 2.90. The molecule has 1 unspecified atom stereocenters. The molecule has 0 radical (unpaired) electrons. The van der Waals surface area contributed by atoms with E-state index in [1.165, 1.54) is 12.1 Å². The van der Waals surface area contributed by atoms with E-state index in [1.54, 1.807) is 24.4 Å². The molecule has 1 N–H and O–H groups in total. The van der Waals surface area contributed by atoms with Crippen LogP contribution in [0, 0.1) is 11.7 Å². The molecule has 0 saturated heterocycles. The molecule has 1 heterocycles. The molecule has 2 aromatic rings. The molecule has 1 aromatic heterocycles. The van der Waals surface area contributed by atoms with Crippen molar-refractivity contribution in [1.82, 2.24) is 10.3 Å². The molecule has 1 atom stereocenters. The molecule has 3 rings (SSSR count). The van der Waals surface area contributed by atoms with Crippen molar-refractivity contribution in [3.8, 4) is 11.6 Å². The van der Waals surface area contributed by atoms with E-state index in [-0.39, 0.29) is 11.7 Å². The first-order valence-corrected chi connectivity index (χ1v) is 8.01. The van der Waals surface area contributed by atoms with Gasteiger partial charge in [0.15, 0.2) is 0 Å². The molecule has 1 amide bonds. The molecule has 0 saturated carbocycles. The van der Waals surface area contributed by atoms with Crippen LogP contribution in [0.2, 0.25) is 0 Å². The van der Waals surface area contributed by atoms with Crippen molar-refractivity contribution in [3.05, 3.63) is 66.1 Å². The van der Waals surface area contributed by atoms with Gasteiger partial charge in [-0.3, -0.25) is 4.79 Å². The summed E-state index contributed by atoms with van der Waals surface area (Å²) >= 11 is 0. The summed E-state index contributed by atoms with van der Waals surface area (Å²) in [5.41, 5.74) is 0.747. The highest BCUT2D eigenvalue weighted by atomic mass is 19.1. The van der Waals surface area contributed by atoms with Gasteiger partial charge < -0.3 is 10.1 Å². The second-order valence-electron chi connectivity index (χ2n) is 5.77. The highest BCUT2D eigenvalue weighted by Crippen LogP contribution is 2.24. The summed E-state index contributed by atoms with van der Waals surface area (Å²) in [7, 11) is 0. The van der Waals surface area contributed by atoms with Crippen LogP contribution in [0.15, 0.2) is 54.7 Å². The standard InChI is InChI=1S/C19H19FN2O2/c20-16-8-3-9-17(12-16)24-19-15(7-4-10-21-19)13-22-18(23)11-14-5-1-2-6-14/h1,3-5,7-10,12,14H,2,6,11,13H2,(H,22,23). The summed E-state index contributed by atoms with van der Waals surface area (Å²) < 4.78 is 18.9. The van der Waals surface area contributed by atoms with E-state index in [9.17, 15) is 9.18 Å². The summed E-state index contributed by atoms with van der Waals surface area (Å²) in [6.45, 7) is 0.327. The number of ether oxygens (including phenoxy) is 1. The Balaban J connectivity index is 1.61. The number of nitrogens with zero attached hydrogens (tertiary/aromatic N) is 1. The lowest BCUT2D eigenvalue weighted by molar-refractivity contribution is -0.121. The van der Waals surface area contributed by atoms with Crippen molar-refractivity contribution in [1.29, 1.82) is 0 Å². The smallest absolute Gasteiger partial charge is 0.224 e. The Morgan fingerprint density at radius 2 is 2.25 bits per heavy atom. The van der Waals surface area contributed by atoms with Crippen LogP contribution in [0.1, 0.15) is 24.8 Å². The topological polar surface area (TPSA) is 51.2 Å². The molecule has 124 valence electrons. The van der Waals surface area contributed by atoms with Crippen molar-refractivity contribution in [2.75, 3.05) is 0 Å². The number of benzene rings is 1. The van der Waals surface area contributed by atoms with Gasteiger partial charge in [-0.2, -0.15) is 0 Å². The number of nitrogens with one attached hydrogen (secondary N) is 1. The van der Waals surface area contributed by atoms with Gasteiger partial charge in [0.05, 0.1) is 0 Å². The summed E-state index contributed by atoms with van der Waals surface area (Å²) in [6.07, 6.45) is 8.40. The fraction of sp³-hybridized carbons (Fsp3) is 0.263. The van der Waals surface area contributed by atoms with Crippen LogP contribution in [0.5, 0.6) is 11.6 Å². The van der Waals surface area contributed by atoms with Gasteiger partial charge in [-0.25, -0.2) is 9.37 Å². The van der Waals surface area contributed by atoms with Crippen molar-refractivity contribution in [3.63, 3.8) is 0 Å². The molecule has 1 aliphatic rings. The minimum absolute atomic E-state index is 0.00658. The molecule has 24 heavy (non-hydrogen) atoms. The molecular formula is C19H19FN2O2. The van der Waals surface area contributed by atoms with Gasteiger partial charge in [-0.15, -0.1) is 0 Å². The van der Waals surface area contributed by atoms with Crippen molar-refractivity contribution in [2.45, 2.75) is 25.8 Å². The van der Waals surface area contributed by atoms with Gasteiger partial charge in [-0.1, -0.05) is 24.3 Å². The van der Waals surface area contributed by atoms with Gasteiger partial charge >= 0.3 is 0 Å². The van der Waals surface area contributed by atoms with E-state index in [1.807, 2.05) is 6.07 Å². The van der Waals surface area contributed by atoms with Gasteiger partial charge in [0, 0.05) is 30.8 Å². The van der Waals surface area contributed by atoms with Crippen LogP contribution in [-0.4, -0.2) is 10.9 Å². The van der Waals surface area contributed by atoms with E-state index in [2.05, 4.69) is 22.5 Å². The third-order valence-electron chi connectivity index (χ3n) is 3.90. The van der Waals surface area contributed by atoms with Crippen molar-refractivity contribution in [2.24, 2.45) is 5.92 Å². The predicted octanol–water partition coefficient (Wildman–Crippen LogP) is 3.99. The third-order valence-corrected chi connectivity index (χ3v) is 3.90. The molecule has 0 fully saturated rings. The fourth-order valence-corrected chi connectivity index (χ4v) is 2.66. The number of allylic oxidation sites excluding steroid dienone is 2. The number of halogens is 1. The van der Waals surface area contributed by atoms with Gasteiger partial charge in [0.1, 0.15) is 11.6 Å². The largest absolute Gasteiger partial charge is 0.439 e. The number of rotatable bonds is 6. The number of carbonyl (C=O) groups excluding carboxylic acids is 1. The maximum absolute atomic E-state index is 13.3. The molecular weight excluding hydrogens is 307 g/mol. The number of hydrogen-bond donors (Lipinski definition) is 1. The minimum atomic E-state index is -0.372. The number of aromatic nitrogens is 1. The van der Waals surface area contributed by atoms with Crippen LogP contribution in [0.3, 0.4) is 0 Å². The first-order chi connectivity index (χ1) is 11.7. The zero-order chi connectivity index (χ0) is 16.8. The average Bonchev–Trinajstić information content (AvgIpc) is 3.07. The molecule has 1 aliphatic carbocycles. The average molecular weight is 326 g/mol. The Labute approximate surface area is 140 Å². The lowest BCUT2D eigenvalue weighted by atomic mass is 10.1. The normalized spacial score (nSPS) is 16.1. The van der Waals surface area contributed by atoms with E-state index in [0.29, 0.717) is 30.5 Å². The van der Waals surface area contributed by atoms with Gasteiger partial charge in [-0.05, 0) is 37.0 Å². The monoisotopic (exact) mass is 326 g/mol. The van der Waals surface area contributed by atoms with Crippen LogP contribution in [0.25, 0.3) is 0 Å². The quantitative estimate of drug-likeness (QED) is 0.817. The first-order valence-electron chi connectivity index (χ1n) is 8.01. The highest BCUT2D eigenvalue weighted by molar-refractivity contribution is 5.76. The van der Waals surface area contributed by atoms with E-state index < -0.39 is 0 Å². The highest BCUT2D eigenvalue weighted by Gasteiger charge is 2.14. The third kappa shape index (κ3) is 4.41. The lowest BCUT2D eigenvalue weighted by Crippen LogP contribution is -2.24. The van der Waals surface area contributed by atoms with Crippen LogP contribution < -0.4 is 10.1 Å². The van der Waals surface area contributed by atoms with Gasteiger partial charge in [0.25, 0.3) is 0 Å². The second kappa shape index (κ2) is 7.73. The predicted molar refractivity (Wildman–Crippen MR) is 89.0 cm³/mol. The van der Waals surface area contributed by atoms with Crippen molar-refractivity contribution < 1.29 is 13.9 Å². The molecule has 0 spiro atoms. The van der Waals surface area contributed by atoms with E-state index in [4.69, 9.17) is 4.74 Å². The number of carbonyl (C=O) groups is 1. The maximum atomic E-state index is 13.3. The zero-order valence-corrected chi connectivity index (χ0v) is 13.2. The minimum Gasteiger partial charge on any atom is -0.439 e. The maximum Gasteiger partial charge on any atom is 0.224 e. The zero-order valence-electron chi connectivity index (χ0n) is 13.2. The van der Waals surface area contributed by atoms with E-state index in [0.717, 1.165) is 18.4 Å². The molecule has 4 nitrogen and oxygen atoms in total. The Morgan fingerprint density at radius 1 is 1.33 bits per heavy atom. The van der Waals surface area contributed by atoms with Crippen LogP contribution >= 0.6 is 0 Å². The Hall–Kier alpha value is -2.69. The van der Waals surface area contributed by atoms with Gasteiger partial charge in [0.2, 0.25) is 11.8 Å². The molecule has 5 heteroatoms. The SMILES string of the molecule is O=C(CC1C=CCC1)NCc1cccnc1Oc1cccc(F)c1. The lowest BCUT2D eigenvalue weighted by Gasteiger charge is -2.12. The number of pyridine rings is 1. The Kier molecular flexibility index (Phi) is 5.21. The number of amides is 1. The summed E-state index contributed by atoms with van der Waals surface area (Å²) in [5.74, 6) is 0.707. The summed E-state index contributed by atoms with van der Waals surface area (Å²) in [6, 6.07) is 9.49.